The van der Waals surface area contributed by atoms with E-state index in [1.807, 2.05) is 42.5 Å². The first kappa shape index (κ1) is 11.3. The number of para-hydroxylation sites is 1. The van der Waals surface area contributed by atoms with Crippen molar-refractivity contribution in [3.8, 4) is 5.75 Å². The highest BCUT2D eigenvalue weighted by atomic mass is 35.5. The fraction of sp³-hybridized carbons (Fsp3) is 0.0769. The summed E-state index contributed by atoms with van der Waals surface area (Å²) >= 11 is 11.9. The first-order chi connectivity index (χ1) is 7.75. The number of halogens is 2. The molecule has 2 aromatic carbocycles. The second-order valence-corrected chi connectivity index (χ2v) is 4.13. The Morgan fingerprint density at radius 1 is 0.875 bits per heavy atom. The molecule has 2 rings (SSSR count). The summed E-state index contributed by atoms with van der Waals surface area (Å²) in [6, 6.07) is 16.8. The Labute approximate surface area is 105 Å². The summed E-state index contributed by atoms with van der Waals surface area (Å²) in [5, 5.41) is 0.687. The molecular formula is C13H10Cl2O. The lowest BCUT2D eigenvalue weighted by Gasteiger charge is -2.12. The molecule has 1 nitrogen and oxygen atoms in total. The first-order valence-electron chi connectivity index (χ1n) is 4.87. The molecule has 2 aromatic rings. The van der Waals surface area contributed by atoms with E-state index >= 15 is 0 Å². The number of hydrogen-bond acceptors (Lipinski definition) is 1. The zero-order chi connectivity index (χ0) is 11.4. The molecule has 0 N–H and O–H groups in total. The molecule has 0 fully saturated rings. The standard InChI is InChI=1S/C13H10Cl2O/c14-11-8-6-10(7-9-11)13(15)16-12-4-2-1-3-5-12/h1-9,13H. The van der Waals surface area contributed by atoms with Crippen molar-refractivity contribution in [2.45, 2.75) is 5.56 Å². The van der Waals surface area contributed by atoms with Crippen LogP contribution in [0.5, 0.6) is 5.75 Å². The second kappa shape index (κ2) is 5.24. The molecule has 0 heterocycles. The molecule has 0 saturated heterocycles. The number of benzene rings is 2. The largest absolute Gasteiger partial charge is 0.470 e. The van der Waals surface area contributed by atoms with Gasteiger partial charge >= 0.3 is 0 Å². The van der Waals surface area contributed by atoms with E-state index in [4.69, 9.17) is 27.9 Å². The second-order valence-electron chi connectivity index (χ2n) is 3.30. The van der Waals surface area contributed by atoms with Crippen LogP contribution in [-0.4, -0.2) is 0 Å². The van der Waals surface area contributed by atoms with E-state index in [1.54, 1.807) is 12.1 Å². The Balaban J connectivity index is 2.09. The summed E-state index contributed by atoms with van der Waals surface area (Å²) in [5.41, 5.74) is 0.384. The lowest BCUT2D eigenvalue weighted by atomic mass is 10.2. The maximum Gasteiger partial charge on any atom is 0.197 e. The van der Waals surface area contributed by atoms with Gasteiger partial charge < -0.3 is 4.74 Å². The number of rotatable bonds is 3. The first-order valence-corrected chi connectivity index (χ1v) is 5.68. The van der Waals surface area contributed by atoms with E-state index in [-0.39, 0.29) is 0 Å². The maximum absolute atomic E-state index is 6.13. The molecule has 0 aliphatic heterocycles. The summed E-state index contributed by atoms with van der Waals surface area (Å²) in [6.07, 6.45) is 0. The van der Waals surface area contributed by atoms with Crippen LogP contribution in [0.25, 0.3) is 0 Å². The van der Waals surface area contributed by atoms with Crippen molar-refractivity contribution in [2.75, 3.05) is 0 Å². The highest BCUT2D eigenvalue weighted by molar-refractivity contribution is 6.30. The van der Waals surface area contributed by atoms with Gasteiger partial charge in [-0.1, -0.05) is 53.5 Å². The quantitative estimate of drug-likeness (QED) is 0.723. The number of hydrogen-bond donors (Lipinski definition) is 0. The SMILES string of the molecule is Clc1ccc(C(Cl)Oc2ccccc2)cc1. The smallest absolute Gasteiger partial charge is 0.197 e. The fourth-order valence-electron chi connectivity index (χ4n) is 1.30. The Bertz CT molecular complexity index is 439. The van der Waals surface area contributed by atoms with Crippen LogP contribution in [0.2, 0.25) is 5.02 Å². The van der Waals surface area contributed by atoms with Crippen LogP contribution in [0.15, 0.2) is 54.6 Å². The molecule has 16 heavy (non-hydrogen) atoms. The predicted octanol–water partition coefficient (Wildman–Crippen LogP) is 4.66. The normalized spacial score (nSPS) is 12.1. The number of ether oxygens (including phenoxy) is 1. The Hall–Kier alpha value is -1.18. The fourth-order valence-corrected chi connectivity index (χ4v) is 1.68. The molecule has 0 aromatic heterocycles. The summed E-state index contributed by atoms with van der Waals surface area (Å²) in [5.74, 6) is 0.748. The van der Waals surface area contributed by atoms with Gasteiger partial charge in [0.25, 0.3) is 0 Å². The van der Waals surface area contributed by atoms with Gasteiger partial charge in [-0.15, -0.1) is 0 Å². The molecule has 82 valence electrons. The summed E-state index contributed by atoms with van der Waals surface area (Å²) < 4.78 is 5.56. The Kier molecular flexibility index (Phi) is 3.70. The van der Waals surface area contributed by atoms with Gasteiger partial charge in [0.15, 0.2) is 5.56 Å². The van der Waals surface area contributed by atoms with Crippen molar-refractivity contribution in [3.05, 3.63) is 65.2 Å². The van der Waals surface area contributed by atoms with E-state index in [2.05, 4.69) is 0 Å². The van der Waals surface area contributed by atoms with Crippen molar-refractivity contribution < 1.29 is 4.74 Å². The van der Waals surface area contributed by atoms with Gasteiger partial charge in [-0.05, 0) is 24.3 Å². The Morgan fingerprint density at radius 2 is 1.50 bits per heavy atom. The summed E-state index contributed by atoms with van der Waals surface area (Å²) in [4.78, 5) is 0. The van der Waals surface area contributed by atoms with Gasteiger partial charge in [0.05, 0.1) is 0 Å². The van der Waals surface area contributed by atoms with Crippen LogP contribution in [-0.2, 0) is 0 Å². The van der Waals surface area contributed by atoms with Crippen LogP contribution >= 0.6 is 23.2 Å². The van der Waals surface area contributed by atoms with E-state index < -0.39 is 5.56 Å². The van der Waals surface area contributed by atoms with Gasteiger partial charge in [-0.25, -0.2) is 0 Å². The van der Waals surface area contributed by atoms with E-state index in [1.165, 1.54) is 0 Å². The monoisotopic (exact) mass is 252 g/mol. The maximum atomic E-state index is 6.13. The zero-order valence-corrected chi connectivity index (χ0v) is 9.95. The van der Waals surface area contributed by atoms with Gasteiger partial charge in [0, 0.05) is 10.6 Å². The van der Waals surface area contributed by atoms with Crippen LogP contribution in [0.1, 0.15) is 11.1 Å². The summed E-state index contributed by atoms with van der Waals surface area (Å²) in [7, 11) is 0. The minimum Gasteiger partial charge on any atom is -0.470 e. The minimum atomic E-state index is -0.500. The topological polar surface area (TPSA) is 9.23 Å². The van der Waals surface area contributed by atoms with Crippen molar-refractivity contribution in [1.29, 1.82) is 0 Å². The average Bonchev–Trinajstić information content (AvgIpc) is 2.31. The van der Waals surface area contributed by atoms with Gasteiger partial charge in [-0.2, -0.15) is 0 Å². The molecule has 0 bridgehead atoms. The molecule has 0 spiro atoms. The third-order valence-corrected chi connectivity index (χ3v) is 2.71. The summed E-state index contributed by atoms with van der Waals surface area (Å²) in [6.45, 7) is 0. The van der Waals surface area contributed by atoms with Crippen molar-refractivity contribution in [3.63, 3.8) is 0 Å². The molecule has 0 radical (unpaired) electrons. The van der Waals surface area contributed by atoms with Gasteiger partial charge in [0.2, 0.25) is 0 Å². The van der Waals surface area contributed by atoms with E-state index in [9.17, 15) is 0 Å². The highest BCUT2D eigenvalue weighted by Gasteiger charge is 2.08. The van der Waals surface area contributed by atoms with Gasteiger partial charge in [0.1, 0.15) is 5.75 Å². The zero-order valence-electron chi connectivity index (χ0n) is 8.44. The molecule has 0 aliphatic rings. The molecule has 1 atom stereocenters. The highest BCUT2D eigenvalue weighted by Crippen LogP contribution is 2.25. The minimum absolute atomic E-state index is 0.500. The lowest BCUT2D eigenvalue weighted by molar-refractivity contribution is 0.288. The van der Waals surface area contributed by atoms with E-state index in [0.717, 1.165) is 11.3 Å². The van der Waals surface area contributed by atoms with Crippen LogP contribution in [0.3, 0.4) is 0 Å². The predicted molar refractivity (Wildman–Crippen MR) is 67.1 cm³/mol. The molecule has 0 amide bonds. The molecule has 1 unspecified atom stereocenters. The molecular weight excluding hydrogens is 243 g/mol. The third kappa shape index (κ3) is 2.91. The average molecular weight is 253 g/mol. The molecule has 3 heteroatoms. The van der Waals surface area contributed by atoms with Crippen LogP contribution in [0.4, 0.5) is 0 Å². The van der Waals surface area contributed by atoms with Crippen molar-refractivity contribution in [1.82, 2.24) is 0 Å². The van der Waals surface area contributed by atoms with Gasteiger partial charge in [-0.3, -0.25) is 0 Å². The Morgan fingerprint density at radius 3 is 2.12 bits per heavy atom. The van der Waals surface area contributed by atoms with Crippen LogP contribution < -0.4 is 4.74 Å². The number of alkyl halides is 1. The van der Waals surface area contributed by atoms with E-state index in [0.29, 0.717) is 5.02 Å². The van der Waals surface area contributed by atoms with Crippen LogP contribution in [0, 0.1) is 0 Å². The molecule has 0 aliphatic carbocycles. The molecule has 0 saturated carbocycles. The third-order valence-electron chi connectivity index (χ3n) is 2.11. The van der Waals surface area contributed by atoms with Crippen molar-refractivity contribution >= 4 is 23.2 Å². The lowest BCUT2D eigenvalue weighted by Crippen LogP contribution is -1.99. The van der Waals surface area contributed by atoms with Crippen molar-refractivity contribution in [2.24, 2.45) is 0 Å².